The van der Waals surface area contributed by atoms with Crippen molar-refractivity contribution in [1.82, 2.24) is 20.1 Å². The van der Waals surface area contributed by atoms with Crippen LogP contribution in [-0.2, 0) is 17.7 Å². The van der Waals surface area contributed by atoms with Gasteiger partial charge in [0.15, 0.2) is 0 Å². The predicted molar refractivity (Wildman–Crippen MR) is 68.4 cm³/mol. The zero-order valence-corrected chi connectivity index (χ0v) is 11.1. The third kappa shape index (κ3) is 2.42. The van der Waals surface area contributed by atoms with Gasteiger partial charge in [0.1, 0.15) is 11.6 Å². The van der Waals surface area contributed by atoms with Crippen molar-refractivity contribution in [2.24, 2.45) is 0 Å². The minimum Gasteiger partial charge on any atom is -0.378 e. The van der Waals surface area contributed by atoms with Gasteiger partial charge >= 0.3 is 0 Å². The standard InChI is InChI=1S/C13H22N4O/c1-10-13-16-15-12(17(13)8-7-14-10)6-5-11-4-2-3-9-18-11/h10-11,14H,2-9H2,1H3. The summed E-state index contributed by atoms with van der Waals surface area (Å²) in [4.78, 5) is 0. The highest BCUT2D eigenvalue weighted by atomic mass is 16.5. The van der Waals surface area contributed by atoms with Crippen molar-refractivity contribution in [3.05, 3.63) is 11.6 Å². The zero-order valence-electron chi connectivity index (χ0n) is 11.1. The fraction of sp³-hybridized carbons (Fsp3) is 0.846. The second kappa shape index (κ2) is 5.36. The minimum atomic E-state index is 0.325. The summed E-state index contributed by atoms with van der Waals surface area (Å²) in [6.45, 7) is 5.09. The maximum Gasteiger partial charge on any atom is 0.149 e. The zero-order chi connectivity index (χ0) is 12.4. The molecular formula is C13H22N4O. The number of nitrogens with one attached hydrogen (secondary N) is 1. The molecule has 2 unspecified atom stereocenters. The Morgan fingerprint density at radius 2 is 2.33 bits per heavy atom. The van der Waals surface area contributed by atoms with Crippen LogP contribution in [0.15, 0.2) is 0 Å². The van der Waals surface area contributed by atoms with E-state index in [2.05, 4.69) is 27.0 Å². The van der Waals surface area contributed by atoms with Gasteiger partial charge in [0.2, 0.25) is 0 Å². The number of hydrogen-bond acceptors (Lipinski definition) is 4. The molecule has 3 rings (SSSR count). The minimum absolute atomic E-state index is 0.325. The molecule has 0 saturated carbocycles. The second-order valence-corrected chi connectivity index (χ2v) is 5.33. The monoisotopic (exact) mass is 250 g/mol. The number of fused-ring (bicyclic) bond motifs is 1. The van der Waals surface area contributed by atoms with Gasteiger partial charge in [0.25, 0.3) is 0 Å². The Kier molecular flexibility index (Phi) is 3.61. The summed E-state index contributed by atoms with van der Waals surface area (Å²) in [7, 11) is 0. The van der Waals surface area contributed by atoms with E-state index in [1.54, 1.807) is 0 Å². The maximum atomic E-state index is 5.77. The number of aryl methyl sites for hydroxylation is 1. The molecule has 5 nitrogen and oxygen atoms in total. The van der Waals surface area contributed by atoms with Gasteiger partial charge in [-0.05, 0) is 32.6 Å². The highest BCUT2D eigenvalue weighted by molar-refractivity contribution is 5.03. The molecule has 2 atom stereocenters. The molecule has 0 aromatic carbocycles. The summed E-state index contributed by atoms with van der Waals surface area (Å²) in [6.07, 6.45) is 6.25. The Hall–Kier alpha value is -0.940. The quantitative estimate of drug-likeness (QED) is 0.882. The third-order valence-electron chi connectivity index (χ3n) is 3.99. The van der Waals surface area contributed by atoms with Crippen LogP contribution in [-0.4, -0.2) is 34.0 Å². The first-order valence-electron chi connectivity index (χ1n) is 7.11. The van der Waals surface area contributed by atoms with Crippen LogP contribution in [0.3, 0.4) is 0 Å². The summed E-state index contributed by atoms with van der Waals surface area (Å²) in [6, 6.07) is 0.325. The molecule has 5 heteroatoms. The number of nitrogens with zero attached hydrogens (tertiary/aromatic N) is 3. The average Bonchev–Trinajstić information content (AvgIpc) is 2.82. The molecule has 0 radical (unpaired) electrons. The van der Waals surface area contributed by atoms with Gasteiger partial charge in [0.05, 0.1) is 12.1 Å². The first-order chi connectivity index (χ1) is 8.84. The van der Waals surface area contributed by atoms with Crippen molar-refractivity contribution in [1.29, 1.82) is 0 Å². The van der Waals surface area contributed by atoms with Gasteiger partial charge in [0, 0.05) is 26.1 Å². The molecule has 1 N–H and O–H groups in total. The van der Waals surface area contributed by atoms with Crippen LogP contribution in [0.25, 0.3) is 0 Å². The summed E-state index contributed by atoms with van der Waals surface area (Å²) in [5.74, 6) is 2.22. The molecule has 2 aliphatic rings. The van der Waals surface area contributed by atoms with E-state index >= 15 is 0 Å². The van der Waals surface area contributed by atoms with E-state index in [0.717, 1.165) is 44.2 Å². The number of rotatable bonds is 3. The molecule has 0 amide bonds. The van der Waals surface area contributed by atoms with Gasteiger partial charge < -0.3 is 14.6 Å². The van der Waals surface area contributed by atoms with E-state index in [0.29, 0.717) is 12.1 Å². The van der Waals surface area contributed by atoms with Gasteiger partial charge in [-0.15, -0.1) is 10.2 Å². The largest absolute Gasteiger partial charge is 0.378 e. The second-order valence-electron chi connectivity index (χ2n) is 5.33. The lowest BCUT2D eigenvalue weighted by atomic mass is 10.0. The Morgan fingerprint density at radius 3 is 3.17 bits per heavy atom. The normalized spacial score (nSPS) is 28.1. The Labute approximate surface area is 108 Å². The van der Waals surface area contributed by atoms with Crippen molar-refractivity contribution < 1.29 is 4.74 Å². The summed E-state index contributed by atoms with van der Waals surface area (Å²) < 4.78 is 8.05. The van der Waals surface area contributed by atoms with Crippen LogP contribution in [0.1, 0.15) is 50.3 Å². The Bertz CT molecular complexity index is 398. The lowest BCUT2D eigenvalue weighted by Crippen LogP contribution is -2.32. The van der Waals surface area contributed by atoms with Crippen molar-refractivity contribution >= 4 is 0 Å². The van der Waals surface area contributed by atoms with Gasteiger partial charge in [-0.1, -0.05) is 0 Å². The topological polar surface area (TPSA) is 52.0 Å². The molecule has 1 saturated heterocycles. The highest BCUT2D eigenvalue weighted by Gasteiger charge is 2.22. The van der Waals surface area contributed by atoms with E-state index in [4.69, 9.17) is 4.74 Å². The van der Waals surface area contributed by atoms with E-state index < -0.39 is 0 Å². The maximum absolute atomic E-state index is 5.77. The SMILES string of the molecule is CC1NCCn2c(CCC3CCCCO3)nnc21. The van der Waals surface area contributed by atoms with Crippen LogP contribution in [0, 0.1) is 0 Å². The fourth-order valence-electron chi connectivity index (χ4n) is 2.91. The van der Waals surface area contributed by atoms with Crippen molar-refractivity contribution in [3.8, 4) is 0 Å². The first-order valence-corrected chi connectivity index (χ1v) is 7.11. The molecule has 0 aliphatic carbocycles. The smallest absolute Gasteiger partial charge is 0.149 e. The molecule has 1 fully saturated rings. The van der Waals surface area contributed by atoms with Gasteiger partial charge in [-0.25, -0.2) is 0 Å². The summed E-state index contributed by atoms with van der Waals surface area (Å²) >= 11 is 0. The summed E-state index contributed by atoms with van der Waals surface area (Å²) in [5.41, 5.74) is 0. The van der Waals surface area contributed by atoms with E-state index in [9.17, 15) is 0 Å². The third-order valence-corrected chi connectivity index (χ3v) is 3.99. The van der Waals surface area contributed by atoms with Crippen LogP contribution in [0.2, 0.25) is 0 Å². The number of aromatic nitrogens is 3. The van der Waals surface area contributed by atoms with Crippen LogP contribution in [0.4, 0.5) is 0 Å². The van der Waals surface area contributed by atoms with E-state index in [-0.39, 0.29) is 0 Å². The molecule has 100 valence electrons. The van der Waals surface area contributed by atoms with Crippen LogP contribution in [0.5, 0.6) is 0 Å². The lowest BCUT2D eigenvalue weighted by Gasteiger charge is -2.24. The number of ether oxygens (including phenoxy) is 1. The average molecular weight is 250 g/mol. The van der Waals surface area contributed by atoms with Crippen molar-refractivity contribution in [3.63, 3.8) is 0 Å². The van der Waals surface area contributed by atoms with Gasteiger partial charge in [-0.3, -0.25) is 0 Å². The first kappa shape index (κ1) is 12.1. The van der Waals surface area contributed by atoms with E-state index in [1.807, 2.05) is 0 Å². The lowest BCUT2D eigenvalue weighted by molar-refractivity contribution is 0.0111. The van der Waals surface area contributed by atoms with E-state index in [1.165, 1.54) is 19.3 Å². The van der Waals surface area contributed by atoms with Gasteiger partial charge in [-0.2, -0.15) is 0 Å². The Balaban J connectivity index is 1.62. The van der Waals surface area contributed by atoms with Crippen LogP contribution >= 0.6 is 0 Å². The fourth-order valence-corrected chi connectivity index (χ4v) is 2.91. The molecule has 1 aromatic rings. The van der Waals surface area contributed by atoms with Crippen molar-refractivity contribution in [2.75, 3.05) is 13.2 Å². The van der Waals surface area contributed by atoms with Crippen molar-refractivity contribution in [2.45, 2.75) is 57.7 Å². The molecule has 1 aromatic heterocycles. The van der Waals surface area contributed by atoms with Crippen LogP contribution < -0.4 is 5.32 Å². The molecular weight excluding hydrogens is 228 g/mol. The predicted octanol–water partition coefficient (Wildman–Crippen LogP) is 1.44. The summed E-state index contributed by atoms with van der Waals surface area (Å²) in [5, 5.41) is 12.1. The molecule has 2 aliphatic heterocycles. The molecule has 0 bridgehead atoms. The molecule has 0 spiro atoms. The highest BCUT2D eigenvalue weighted by Crippen LogP contribution is 2.20. The molecule has 18 heavy (non-hydrogen) atoms. The molecule has 3 heterocycles. The Morgan fingerprint density at radius 1 is 1.39 bits per heavy atom. The number of hydrogen-bond donors (Lipinski definition) is 1.